The van der Waals surface area contributed by atoms with Gasteiger partial charge in [-0.3, -0.25) is 4.79 Å². The maximum absolute atomic E-state index is 12.9. The lowest BCUT2D eigenvalue weighted by Crippen LogP contribution is -2.44. The Bertz CT molecular complexity index is 511. The van der Waals surface area contributed by atoms with Crippen LogP contribution in [0.5, 0.6) is 0 Å². The van der Waals surface area contributed by atoms with Crippen LogP contribution in [0.25, 0.3) is 0 Å². The summed E-state index contributed by atoms with van der Waals surface area (Å²) in [6, 6.07) is 8.89. The van der Waals surface area contributed by atoms with Gasteiger partial charge in [0.25, 0.3) is 0 Å². The van der Waals surface area contributed by atoms with Crippen LogP contribution in [0.2, 0.25) is 0 Å². The van der Waals surface area contributed by atoms with E-state index in [0.717, 1.165) is 19.3 Å². The van der Waals surface area contributed by atoms with Crippen LogP contribution < -0.4 is 5.32 Å². The summed E-state index contributed by atoms with van der Waals surface area (Å²) in [5.41, 5.74) is 2.82. The van der Waals surface area contributed by atoms with Gasteiger partial charge in [0, 0.05) is 12.0 Å². The summed E-state index contributed by atoms with van der Waals surface area (Å²) in [6.07, 6.45) is 5.55. The van der Waals surface area contributed by atoms with E-state index in [1.807, 2.05) is 0 Å². The van der Waals surface area contributed by atoms with Gasteiger partial charge in [0.2, 0.25) is 5.91 Å². The quantitative estimate of drug-likeness (QED) is 0.898. The molecule has 0 spiro atoms. The van der Waals surface area contributed by atoms with Crippen LogP contribution in [-0.4, -0.2) is 11.9 Å². The highest BCUT2D eigenvalue weighted by Gasteiger charge is 2.36. The van der Waals surface area contributed by atoms with Crippen LogP contribution in [0.1, 0.15) is 51.2 Å². The van der Waals surface area contributed by atoms with Crippen LogP contribution in [-0.2, 0) is 17.6 Å². The Kier molecular flexibility index (Phi) is 4.56. The topological polar surface area (TPSA) is 29.1 Å². The summed E-state index contributed by atoms with van der Waals surface area (Å²) in [6.45, 7) is 6.83. The van der Waals surface area contributed by atoms with Gasteiger partial charge in [-0.2, -0.15) is 0 Å². The predicted molar refractivity (Wildman–Crippen MR) is 90.6 cm³/mol. The molecule has 0 heterocycles. The molecule has 0 aliphatic heterocycles. The highest BCUT2D eigenvalue weighted by molar-refractivity contribution is 5.79. The lowest BCUT2D eigenvalue weighted by molar-refractivity contribution is -0.130. The number of amides is 1. The van der Waals surface area contributed by atoms with Gasteiger partial charge in [-0.25, -0.2) is 0 Å². The minimum atomic E-state index is 0.215. The summed E-state index contributed by atoms with van der Waals surface area (Å²) >= 11 is 0. The lowest BCUT2D eigenvalue weighted by atomic mass is 9.69. The SMILES string of the molecule is CC(C)[C@@H]1CC[C@@H](C)C[C@H]1C(=O)NC1Cc2ccccc2C1. The highest BCUT2D eigenvalue weighted by Crippen LogP contribution is 2.38. The normalized spacial score (nSPS) is 28.6. The second kappa shape index (κ2) is 6.44. The summed E-state index contributed by atoms with van der Waals surface area (Å²) in [4.78, 5) is 12.9. The van der Waals surface area contributed by atoms with E-state index in [-0.39, 0.29) is 5.92 Å². The van der Waals surface area contributed by atoms with Crippen molar-refractivity contribution in [3.05, 3.63) is 35.4 Å². The van der Waals surface area contributed by atoms with Crippen LogP contribution in [0.4, 0.5) is 0 Å². The molecule has 22 heavy (non-hydrogen) atoms. The van der Waals surface area contributed by atoms with Gasteiger partial charge < -0.3 is 5.32 Å². The molecule has 0 aromatic heterocycles. The molecule has 0 radical (unpaired) electrons. The molecule has 2 aliphatic carbocycles. The van der Waals surface area contributed by atoms with Gasteiger partial charge >= 0.3 is 0 Å². The Balaban J connectivity index is 1.64. The molecule has 0 unspecified atom stereocenters. The van der Waals surface area contributed by atoms with Crippen LogP contribution in [0.3, 0.4) is 0 Å². The van der Waals surface area contributed by atoms with Crippen molar-refractivity contribution in [2.75, 3.05) is 0 Å². The smallest absolute Gasteiger partial charge is 0.223 e. The molecule has 2 nitrogen and oxygen atoms in total. The molecule has 1 aromatic rings. The Hall–Kier alpha value is -1.31. The number of hydrogen-bond acceptors (Lipinski definition) is 1. The van der Waals surface area contributed by atoms with Crippen LogP contribution in [0.15, 0.2) is 24.3 Å². The van der Waals surface area contributed by atoms with Crippen LogP contribution >= 0.6 is 0 Å². The molecule has 2 aliphatic rings. The fraction of sp³-hybridized carbons (Fsp3) is 0.650. The van der Waals surface area contributed by atoms with E-state index >= 15 is 0 Å². The Morgan fingerprint density at radius 2 is 1.77 bits per heavy atom. The van der Waals surface area contributed by atoms with Gasteiger partial charge in [-0.05, 0) is 54.6 Å². The van der Waals surface area contributed by atoms with Crippen molar-refractivity contribution >= 4 is 5.91 Å². The predicted octanol–water partition coefficient (Wildman–Crippen LogP) is 3.98. The maximum Gasteiger partial charge on any atom is 0.223 e. The fourth-order valence-corrected chi connectivity index (χ4v) is 4.47. The van der Waals surface area contributed by atoms with E-state index in [0.29, 0.717) is 29.7 Å². The minimum Gasteiger partial charge on any atom is -0.352 e. The van der Waals surface area contributed by atoms with E-state index in [2.05, 4.69) is 50.4 Å². The van der Waals surface area contributed by atoms with Gasteiger partial charge in [-0.1, -0.05) is 51.5 Å². The third kappa shape index (κ3) is 3.21. The summed E-state index contributed by atoms with van der Waals surface area (Å²) in [7, 11) is 0. The molecular weight excluding hydrogens is 270 g/mol. The Morgan fingerprint density at radius 1 is 1.14 bits per heavy atom. The van der Waals surface area contributed by atoms with Gasteiger partial charge in [0.1, 0.15) is 0 Å². The second-order valence-electron chi connectivity index (χ2n) is 7.82. The average molecular weight is 299 g/mol. The fourth-order valence-electron chi connectivity index (χ4n) is 4.47. The van der Waals surface area contributed by atoms with Crippen molar-refractivity contribution < 1.29 is 4.79 Å². The standard InChI is InChI=1S/C20H29NO/c1-13(2)18-9-8-14(3)10-19(18)20(22)21-17-11-15-6-4-5-7-16(15)12-17/h4-7,13-14,17-19H,8-12H2,1-3H3,(H,21,22)/t14-,18+,19-/m1/s1. The molecule has 1 amide bonds. The second-order valence-corrected chi connectivity index (χ2v) is 7.82. The van der Waals surface area contributed by atoms with E-state index in [9.17, 15) is 4.79 Å². The maximum atomic E-state index is 12.9. The average Bonchev–Trinajstić information content (AvgIpc) is 2.88. The van der Waals surface area contributed by atoms with Gasteiger partial charge in [0.05, 0.1) is 0 Å². The zero-order valence-corrected chi connectivity index (χ0v) is 14.1. The van der Waals surface area contributed by atoms with Crippen molar-refractivity contribution in [1.82, 2.24) is 5.32 Å². The minimum absolute atomic E-state index is 0.215. The van der Waals surface area contributed by atoms with E-state index in [4.69, 9.17) is 0 Å². The molecule has 1 aromatic carbocycles. The number of carbonyl (C=O) groups is 1. The van der Waals surface area contributed by atoms with Gasteiger partial charge in [0.15, 0.2) is 0 Å². The number of rotatable bonds is 3. The van der Waals surface area contributed by atoms with Crippen LogP contribution in [0, 0.1) is 23.7 Å². The summed E-state index contributed by atoms with van der Waals surface area (Å²) in [5.74, 6) is 2.37. The molecule has 0 bridgehead atoms. The summed E-state index contributed by atoms with van der Waals surface area (Å²) in [5, 5.41) is 3.36. The monoisotopic (exact) mass is 299 g/mol. The number of hydrogen-bond donors (Lipinski definition) is 1. The number of fused-ring (bicyclic) bond motifs is 1. The van der Waals surface area contributed by atoms with Crippen molar-refractivity contribution in [2.45, 2.75) is 58.9 Å². The largest absolute Gasteiger partial charge is 0.352 e. The highest BCUT2D eigenvalue weighted by atomic mass is 16.2. The summed E-state index contributed by atoms with van der Waals surface area (Å²) < 4.78 is 0. The third-order valence-electron chi connectivity index (χ3n) is 5.76. The number of nitrogens with one attached hydrogen (secondary N) is 1. The first-order valence-corrected chi connectivity index (χ1v) is 8.91. The molecule has 1 fully saturated rings. The zero-order valence-electron chi connectivity index (χ0n) is 14.1. The van der Waals surface area contributed by atoms with Gasteiger partial charge in [-0.15, -0.1) is 0 Å². The Labute approximate surface area is 134 Å². The first-order valence-electron chi connectivity index (χ1n) is 8.91. The van der Waals surface area contributed by atoms with E-state index in [1.54, 1.807) is 0 Å². The molecule has 120 valence electrons. The first kappa shape index (κ1) is 15.6. The molecule has 0 saturated heterocycles. The zero-order chi connectivity index (χ0) is 15.7. The lowest BCUT2D eigenvalue weighted by Gasteiger charge is -2.37. The van der Waals surface area contributed by atoms with Crippen molar-refractivity contribution in [3.8, 4) is 0 Å². The molecule has 1 N–H and O–H groups in total. The number of carbonyl (C=O) groups excluding carboxylic acids is 1. The molecule has 2 heteroatoms. The first-order chi connectivity index (χ1) is 10.5. The van der Waals surface area contributed by atoms with E-state index < -0.39 is 0 Å². The molecule has 3 atom stereocenters. The van der Waals surface area contributed by atoms with Crippen molar-refractivity contribution in [1.29, 1.82) is 0 Å². The Morgan fingerprint density at radius 3 is 2.36 bits per heavy atom. The molecule has 3 rings (SSSR count). The van der Waals surface area contributed by atoms with E-state index in [1.165, 1.54) is 24.0 Å². The van der Waals surface area contributed by atoms with Crippen molar-refractivity contribution in [2.24, 2.45) is 23.7 Å². The molecular formula is C20H29NO. The number of benzene rings is 1. The molecule has 1 saturated carbocycles. The third-order valence-corrected chi connectivity index (χ3v) is 5.76. The van der Waals surface area contributed by atoms with Crippen molar-refractivity contribution in [3.63, 3.8) is 0 Å².